The molecule has 1 saturated heterocycles. The van der Waals surface area contributed by atoms with E-state index in [0.29, 0.717) is 6.04 Å². The molecule has 8 heteroatoms. The van der Waals surface area contributed by atoms with Gasteiger partial charge in [0.1, 0.15) is 5.75 Å². The maximum absolute atomic E-state index is 5.44. The largest absolute Gasteiger partial charge is 0.497 e. The number of aromatic nitrogens is 1. The van der Waals surface area contributed by atoms with Gasteiger partial charge < -0.3 is 15.4 Å². The van der Waals surface area contributed by atoms with Crippen molar-refractivity contribution >= 4 is 41.3 Å². The molecule has 1 fully saturated rings. The normalized spacial score (nSPS) is 15.5. The molecule has 0 saturated carbocycles. The Hall–Kier alpha value is -1.39. The topological polar surface area (TPSA) is 61.8 Å². The van der Waals surface area contributed by atoms with Crippen LogP contribution in [0.5, 0.6) is 5.75 Å². The van der Waals surface area contributed by atoms with Crippen LogP contribution in [0.15, 0.2) is 35.5 Å². The number of aliphatic imine (C=N–C) groups is 1. The van der Waals surface area contributed by atoms with E-state index in [4.69, 9.17) is 4.74 Å². The quantitative estimate of drug-likeness (QED) is 0.286. The highest BCUT2D eigenvalue weighted by molar-refractivity contribution is 14.0. The number of methoxy groups -OCH3 is 1. The van der Waals surface area contributed by atoms with Crippen LogP contribution in [0.1, 0.15) is 41.3 Å². The van der Waals surface area contributed by atoms with Crippen molar-refractivity contribution in [3.8, 4) is 5.75 Å². The fourth-order valence-corrected chi connectivity index (χ4v) is 4.55. The van der Waals surface area contributed by atoms with Gasteiger partial charge in [-0.15, -0.1) is 35.3 Å². The Bertz CT molecular complexity index is 791. The van der Waals surface area contributed by atoms with E-state index in [9.17, 15) is 0 Å². The van der Waals surface area contributed by atoms with Crippen LogP contribution in [0.4, 0.5) is 0 Å². The number of nitrogens with zero attached hydrogens (tertiary/aromatic N) is 3. The van der Waals surface area contributed by atoms with Crippen molar-refractivity contribution in [1.82, 2.24) is 20.5 Å². The Labute approximate surface area is 201 Å². The Balaban J connectivity index is 0.00000320. The molecule has 166 valence electrons. The van der Waals surface area contributed by atoms with Crippen LogP contribution < -0.4 is 15.4 Å². The highest BCUT2D eigenvalue weighted by Crippen LogP contribution is 2.27. The zero-order chi connectivity index (χ0) is 20.5. The maximum atomic E-state index is 5.44. The van der Waals surface area contributed by atoms with Crippen LogP contribution in [-0.4, -0.2) is 56.2 Å². The van der Waals surface area contributed by atoms with E-state index in [1.165, 1.54) is 28.3 Å². The molecule has 1 aliphatic heterocycles. The van der Waals surface area contributed by atoms with E-state index in [0.717, 1.165) is 50.7 Å². The molecule has 1 atom stereocenters. The van der Waals surface area contributed by atoms with Gasteiger partial charge in [-0.1, -0.05) is 19.1 Å². The van der Waals surface area contributed by atoms with Gasteiger partial charge in [0.05, 0.1) is 18.2 Å². The minimum absolute atomic E-state index is 0. The third-order valence-electron chi connectivity index (χ3n) is 5.33. The third kappa shape index (κ3) is 7.09. The molecular formula is C22H34IN5OS. The molecule has 1 unspecified atom stereocenters. The fourth-order valence-electron chi connectivity index (χ4n) is 3.69. The second-order valence-corrected chi connectivity index (χ2v) is 8.44. The number of ether oxygens (including phenoxy) is 1. The van der Waals surface area contributed by atoms with Gasteiger partial charge in [0, 0.05) is 37.6 Å². The number of nitrogens with one attached hydrogen (secondary N) is 2. The number of likely N-dealkylation sites (tertiary alicyclic amines) is 1. The minimum atomic E-state index is 0. The molecule has 0 spiro atoms. The monoisotopic (exact) mass is 543 g/mol. The average Bonchev–Trinajstić information content (AvgIpc) is 3.45. The van der Waals surface area contributed by atoms with Gasteiger partial charge in [0.25, 0.3) is 0 Å². The SMILES string of the molecule is CCc1cnc(CCNC(=NC)NCC(c2cccc(OC)c2)N2CCCC2)s1.I. The van der Waals surface area contributed by atoms with Crippen molar-refractivity contribution in [1.29, 1.82) is 0 Å². The molecule has 2 N–H and O–H groups in total. The van der Waals surface area contributed by atoms with E-state index in [2.05, 4.69) is 50.6 Å². The lowest BCUT2D eigenvalue weighted by molar-refractivity contribution is 0.245. The van der Waals surface area contributed by atoms with E-state index >= 15 is 0 Å². The summed E-state index contributed by atoms with van der Waals surface area (Å²) in [7, 11) is 3.55. The number of benzene rings is 1. The Kier molecular flexibility index (Phi) is 10.9. The molecule has 1 aliphatic rings. The van der Waals surface area contributed by atoms with Crippen LogP contribution >= 0.6 is 35.3 Å². The second kappa shape index (κ2) is 13.1. The summed E-state index contributed by atoms with van der Waals surface area (Å²) in [6.07, 6.45) is 6.48. The van der Waals surface area contributed by atoms with E-state index < -0.39 is 0 Å². The molecule has 2 heterocycles. The fraction of sp³-hybridized carbons (Fsp3) is 0.545. The molecule has 0 radical (unpaired) electrons. The van der Waals surface area contributed by atoms with Crippen molar-refractivity contribution in [3.05, 3.63) is 45.9 Å². The first-order chi connectivity index (χ1) is 14.2. The Morgan fingerprint density at radius 1 is 1.30 bits per heavy atom. The number of thiazole rings is 1. The Morgan fingerprint density at radius 3 is 2.77 bits per heavy atom. The summed E-state index contributed by atoms with van der Waals surface area (Å²) in [6, 6.07) is 8.72. The highest BCUT2D eigenvalue weighted by Gasteiger charge is 2.24. The molecule has 6 nitrogen and oxygen atoms in total. The molecule has 30 heavy (non-hydrogen) atoms. The zero-order valence-electron chi connectivity index (χ0n) is 18.2. The number of hydrogen-bond acceptors (Lipinski definition) is 5. The van der Waals surface area contributed by atoms with Gasteiger partial charge in [-0.05, 0) is 50.0 Å². The number of hydrogen-bond donors (Lipinski definition) is 2. The van der Waals surface area contributed by atoms with Gasteiger partial charge in [-0.25, -0.2) is 4.98 Å². The van der Waals surface area contributed by atoms with Crippen LogP contribution in [0.25, 0.3) is 0 Å². The predicted octanol–water partition coefficient (Wildman–Crippen LogP) is 3.88. The lowest BCUT2D eigenvalue weighted by atomic mass is 10.1. The van der Waals surface area contributed by atoms with Crippen LogP contribution in [-0.2, 0) is 12.8 Å². The smallest absolute Gasteiger partial charge is 0.191 e. The summed E-state index contributed by atoms with van der Waals surface area (Å²) < 4.78 is 5.44. The maximum Gasteiger partial charge on any atom is 0.191 e. The number of guanidine groups is 1. The van der Waals surface area contributed by atoms with Crippen molar-refractivity contribution in [2.24, 2.45) is 4.99 Å². The first-order valence-electron chi connectivity index (χ1n) is 10.5. The summed E-state index contributed by atoms with van der Waals surface area (Å²) in [6.45, 7) is 6.08. The summed E-state index contributed by atoms with van der Waals surface area (Å²) >= 11 is 1.80. The second-order valence-electron chi connectivity index (χ2n) is 7.24. The average molecular weight is 544 g/mol. The summed E-state index contributed by atoms with van der Waals surface area (Å²) in [5, 5.41) is 8.13. The van der Waals surface area contributed by atoms with Gasteiger partial charge in [-0.3, -0.25) is 9.89 Å². The van der Waals surface area contributed by atoms with Crippen LogP contribution in [0.2, 0.25) is 0 Å². The Morgan fingerprint density at radius 2 is 2.10 bits per heavy atom. The molecule has 2 aromatic rings. The zero-order valence-corrected chi connectivity index (χ0v) is 21.3. The number of aryl methyl sites for hydroxylation is 1. The van der Waals surface area contributed by atoms with Gasteiger partial charge >= 0.3 is 0 Å². The summed E-state index contributed by atoms with van der Waals surface area (Å²) in [5.41, 5.74) is 1.28. The van der Waals surface area contributed by atoms with E-state index in [1.54, 1.807) is 18.4 Å². The standard InChI is InChI=1S/C22H33N5OS.HI/c1-4-19-15-25-21(29-19)10-11-24-22(23-2)26-16-20(27-12-5-6-13-27)17-8-7-9-18(14-17)28-3;/h7-9,14-15,20H,4-6,10-13,16H2,1-3H3,(H2,23,24,26);1H. The number of halogens is 1. The van der Waals surface area contributed by atoms with Gasteiger partial charge in [0.15, 0.2) is 5.96 Å². The van der Waals surface area contributed by atoms with Gasteiger partial charge in [0.2, 0.25) is 0 Å². The summed E-state index contributed by atoms with van der Waals surface area (Å²) in [4.78, 5) is 12.8. The van der Waals surface area contributed by atoms with Crippen molar-refractivity contribution in [2.75, 3.05) is 40.3 Å². The minimum Gasteiger partial charge on any atom is -0.497 e. The predicted molar refractivity (Wildman–Crippen MR) is 137 cm³/mol. The van der Waals surface area contributed by atoms with Crippen LogP contribution in [0.3, 0.4) is 0 Å². The first kappa shape index (κ1) is 24.9. The number of rotatable bonds is 9. The van der Waals surface area contributed by atoms with E-state index in [-0.39, 0.29) is 24.0 Å². The lowest BCUT2D eigenvalue weighted by Crippen LogP contribution is -2.43. The van der Waals surface area contributed by atoms with E-state index in [1.807, 2.05) is 19.3 Å². The van der Waals surface area contributed by atoms with Crippen molar-refractivity contribution in [2.45, 2.75) is 38.6 Å². The van der Waals surface area contributed by atoms with Crippen molar-refractivity contribution < 1.29 is 4.74 Å². The van der Waals surface area contributed by atoms with Gasteiger partial charge in [-0.2, -0.15) is 0 Å². The summed E-state index contributed by atoms with van der Waals surface area (Å²) in [5.74, 6) is 1.74. The molecule has 3 rings (SSSR count). The van der Waals surface area contributed by atoms with Crippen LogP contribution in [0, 0.1) is 0 Å². The molecule has 0 amide bonds. The highest BCUT2D eigenvalue weighted by atomic mass is 127. The third-order valence-corrected chi connectivity index (χ3v) is 6.53. The first-order valence-corrected chi connectivity index (χ1v) is 11.3. The molecule has 1 aromatic heterocycles. The lowest BCUT2D eigenvalue weighted by Gasteiger charge is -2.29. The molecule has 0 aliphatic carbocycles. The van der Waals surface area contributed by atoms with Crippen molar-refractivity contribution in [3.63, 3.8) is 0 Å². The molecular weight excluding hydrogens is 509 g/mol. The molecule has 1 aromatic carbocycles. The molecule has 0 bridgehead atoms.